The Labute approximate surface area is 191 Å². The maximum atomic E-state index is 13.0. The minimum absolute atomic E-state index is 0. The Morgan fingerprint density at radius 3 is 2.00 bits per heavy atom. The average Bonchev–Trinajstić information content (AvgIpc) is 2.96. The molecule has 2 aromatic rings. The van der Waals surface area contributed by atoms with E-state index >= 15 is 0 Å². The Bertz CT molecular complexity index is 860. The fraction of sp³-hybridized carbons (Fsp3) is 0.350. The average molecular weight is 485 g/mol. The number of carbonyl (C=O) groups is 1. The fourth-order valence-corrected chi connectivity index (χ4v) is 4.12. The van der Waals surface area contributed by atoms with Gasteiger partial charge < -0.3 is 18.9 Å². The zero-order valence-corrected chi connectivity index (χ0v) is 19.0. The van der Waals surface area contributed by atoms with Crippen molar-refractivity contribution in [2.75, 3.05) is 4.90 Å². The van der Waals surface area contributed by atoms with Gasteiger partial charge >= 0.3 is 31.7 Å². The van der Waals surface area contributed by atoms with E-state index in [1.165, 1.54) is 0 Å². The van der Waals surface area contributed by atoms with Crippen molar-refractivity contribution in [1.82, 2.24) is 0 Å². The van der Waals surface area contributed by atoms with Crippen molar-refractivity contribution in [3.8, 4) is 0 Å². The topological polar surface area (TPSA) is 48.0 Å². The molecule has 8 heteroatoms. The van der Waals surface area contributed by atoms with Gasteiger partial charge in [-0.2, -0.15) is 0 Å². The van der Waals surface area contributed by atoms with E-state index in [9.17, 15) is 4.79 Å². The van der Waals surface area contributed by atoms with Gasteiger partial charge in [0.25, 0.3) is 0 Å². The Morgan fingerprint density at radius 2 is 1.46 bits per heavy atom. The van der Waals surface area contributed by atoms with Crippen molar-refractivity contribution in [3.05, 3.63) is 63.7 Å². The number of carbonyl (C=O) groups excluding carboxylic acids is 1. The Hall–Kier alpha value is -0.978. The number of rotatable bonds is 2. The molecule has 1 atom stereocenters. The van der Waals surface area contributed by atoms with Crippen molar-refractivity contribution in [1.29, 1.82) is 0 Å². The van der Waals surface area contributed by atoms with Crippen LogP contribution >= 0.6 is 22.6 Å². The molecule has 0 bridgehead atoms. The number of hydrogen-bond acceptors (Lipinski definition) is 4. The maximum Gasteiger partial charge on any atom is 1.00 e. The first-order chi connectivity index (χ1) is 12.7. The summed E-state index contributed by atoms with van der Waals surface area (Å²) in [5, 5.41) is 0. The van der Waals surface area contributed by atoms with E-state index in [0.29, 0.717) is 0 Å². The summed E-state index contributed by atoms with van der Waals surface area (Å²) in [6, 6.07) is 17.5. The van der Waals surface area contributed by atoms with Gasteiger partial charge in [0, 0.05) is 26.4 Å². The minimum atomic E-state index is -2.34. The molecule has 142 valence electrons. The van der Waals surface area contributed by atoms with Gasteiger partial charge in [-0.15, -0.1) is 0 Å². The predicted molar refractivity (Wildman–Crippen MR) is 113 cm³/mol. The fourth-order valence-electron chi connectivity index (χ4n) is 3.76. The molecular formula is C20H22BILiNO4. The normalized spacial score (nSPS) is 24.1. The minimum Gasteiger partial charge on any atom is -0.625 e. The summed E-state index contributed by atoms with van der Waals surface area (Å²) < 4.78 is 19.7. The van der Waals surface area contributed by atoms with Gasteiger partial charge in [-0.05, 0) is 74.6 Å². The summed E-state index contributed by atoms with van der Waals surface area (Å²) in [4.78, 5) is 14.6. The second-order valence-corrected chi connectivity index (χ2v) is 9.28. The molecule has 0 aromatic heterocycles. The van der Waals surface area contributed by atoms with Crippen LogP contribution in [0.2, 0.25) is 0 Å². The van der Waals surface area contributed by atoms with Crippen molar-refractivity contribution in [2.24, 2.45) is 0 Å². The van der Waals surface area contributed by atoms with Gasteiger partial charge in [0.15, 0.2) is 0 Å². The smallest absolute Gasteiger partial charge is 0.625 e. The predicted octanol–water partition coefficient (Wildman–Crippen LogP) is 2.08. The van der Waals surface area contributed by atoms with Gasteiger partial charge in [-0.25, -0.2) is 4.79 Å². The van der Waals surface area contributed by atoms with Gasteiger partial charge in [0.05, 0.1) is 0 Å². The number of anilines is 1. The summed E-state index contributed by atoms with van der Waals surface area (Å²) in [7, 11) is 0. The van der Waals surface area contributed by atoms with E-state index in [4.69, 9.17) is 14.0 Å². The number of benzene rings is 2. The van der Waals surface area contributed by atoms with Crippen LogP contribution in [0.15, 0.2) is 54.6 Å². The van der Waals surface area contributed by atoms with E-state index in [1.807, 2.05) is 82.3 Å². The summed E-state index contributed by atoms with van der Waals surface area (Å²) in [5.74, 6) is -0.502. The number of para-hydroxylation sites is 1. The first-order valence-electron chi connectivity index (χ1n) is 9.02. The third kappa shape index (κ3) is 3.42. The van der Waals surface area contributed by atoms with Gasteiger partial charge in [-0.3, -0.25) is 0 Å². The molecule has 1 amide bonds. The van der Waals surface area contributed by atoms with Crippen LogP contribution in [0.4, 0.5) is 10.5 Å². The number of hydrogen-bond donors (Lipinski definition) is 0. The van der Waals surface area contributed by atoms with Crippen LogP contribution in [0.1, 0.15) is 39.2 Å². The van der Waals surface area contributed by atoms with Crippen LogP contribution in [0.3, 0.4) is 0 Å². The Morgan fingerprint density at radius 1 is 0.929 bits per heavy atom. The molecule has 5 nitrogen and oxygen atoms in total. The molecule has 0 radical (unpaired) electrons. The first-order valence-corrected chi connectivity index (χ1v) is 10.1. The molecule has 0 aliphatic carbocycles. The van der Waals surface area contributed by atoms with Crippen molar-refractivity contribution >= 4 is 41.1 Å². The van der Waals surface area contributed by atoms with Gasteiger partial charge in [0.1, 0.15) is 0 Å². The monoisotopic (exact) mass is 485 g/mol. The van der Waals surface area contributed by atoms with E-state index in [2.05, 4.69) is 22.6 Å². The number of halogens is 1. The van der Waals surface area contributed by atoms with E-state index in [0.717, 1.165) is 14.8 Å². The van der Waals surface area contributed by atoms with Crippen LogP contribution < -0.4 is 23.8 Å². The molecule has 2 fully saturated rings. The molecule has 0 saturated carbocycles. The Kier molecular flexibility index (Phi) is 5.72. The van der Waals surface area contributed by atoms with E-state index < -0.39 is 30.0 Å². The molecular weight excluding hydrogens is 463 g/mol. The number of nitrogens with zero attached hydrogens (tertiary/aromatic N) is 1. The Balaban J connectivity index is 0.00000225. The van der Waals surface area contributed by atoms with Crippen LogP contribution in [0.5, 0.6) is 0 Å². The van der Waals surface area contributed by atoms with Gasteiger partial charge in [-0.1, -0.05) is 35.9 Å². The molecule has 1 unspecified atom stereocenters. The second-order valence-electron chi connectivity index (χ2n) is 8.04. The zero-order chi connectivity index (χ0) is 19.4. The van der Waals surface area contributed by atoms with Crippen LogP contribution in [0.25, 0.3) is 0 Å². The summed E-state index contributed by atoms with van der Waals surface area (Å²) in [6.45, 7) is 5.52. The molecule has 0 N–H and O–H groups in total. The zero-order valence-electron chi connectivity index (χ0n) is 16.8. The van der Waals surface area contributed by atoms with E-state index in [1.54, 1.807) is 4.90 Å². The molecule has 2 aliphatic heterocycles. The molecule has 2 heterocycles. The van der Waals surface area contributed by atoms with Gasteiger partial charge in [0.2, 0.25) is 0 Å². The standard InChI is InChI=1S/C20H22BINO4.Li/c1-19(2)20(3,4)27-21(26-19)17(14-10-12-15(22)13-11-14)23(18(24)25-21)16-8-6-5-7-9-16;/h5-13,17H,1-4H3;/q-1;+1. The first kappa shape index (κ1) is 21.7. The van der Waals surface area contributed by atoms with Crippen LogP contribution in [-0.4, -0.2) is 24.0 Å². The third-order valence-electron chi connectivity index (χ3n) is 5.74. The quantitative estimate of drug-likeness (QED) is 0.483. The second kappa shape index (κ2) is 7.37. The summed E-state index contributed by atoms with van der Waals surface area (Å²) in [6.07, 6.45) is -0.460. The SMILES string of the molecule is CC1(C)O[B-]2(OC(=O)N(c3ccccc3)C2c2ccc(I)cc2)OC1(C)C.[Li+]. The molecule has 2 aromatic carbocycles. The van der Waals surface area contributed by atoms with Crippen LogP contribution in [-0.2, 0) is 14.0 Å². The van der Waals surface area contributed by atoms with E-state index in [-0.39, 0.29) is 18.9 Å². The van der Waals surface area contributed by atoms with Crippen LogP contribution in [0, 0.1) is 3.57 Å². The number of amides is 1. The maximum absolute atomic E-state index is 13.0. The van der Waals surface area contributed by atoms with Crippen molar-refractivity contribution < 1.29 is 37.6 Å². The molecule has 1 spiro atoms. The summed E-state index contributed by atoms with van der Waals surface area (Å²) in [5.41, 5.74) is 0.446. The molecule has 4 rings (SSSR count). The van der Waals surface area contributed by atoms with Crippen molar-refractivity contribution in [2.45, 2.75) is 44.8 Å². The van der Waals surface area contributed by atoms with Crippen molar-refractivity contribution in [3.63, 3.8) is 0 Å². The summed E-state index contributed by atoms with van der Waals surface area (Å²) >= 11 is 2.26. The third-order valence-corrected chi connectivity index (χ3v) is 6.46. The molecule has 2 aliphatic rings. The largest absolute Gasteiger partial charge is 1.00 e. The molecule has 2 saturated heterocycles. The molecule has 28 heavy (non-hydrogen) atoms.